The summed E-state index contributed by atoms with van der Waals surface area (Å²) in [6.07, 6.45) is 11.9. The quantitative estimate of drug-likeness (QED) is 0.425. The zero-order chi connectivity index (χ0) is 18.2. The van der Waals surface area contributed by atoms with E-state index in [1.807, 2.05) is 24.3 Å². The zero-order valence-corrected chi connectivity index (χ0v) is 15.7. The highest BCUT2D eigenvalue weighted by molar-refractivity contribution is 5.92. The number of carbonyl (C=O) groups is 1. The Bertz CT molecular complexity index is 614. The molecular weight excluding hydrogens is 324 g/mol. The molecule has 2 saturated carbocycles. The molecule has 26 heavy (non-hydrogen) atoms. The summed E-state index contributed by atoms with van der Waals surface area (Å²) in [7, 11) is 0. The van der Waals surface area contributed by atoms with E-state index in [-0.39, 0.29) is 11.8 Å². The summed E-state index contributed by atoms with van der Waals surface area (Å²) in [6.45, 7) is 0.526. The molecular formula is C21H32N4O. The lowest BCUT2D eigenvalue weighted by Crippen LogP contribution is -2.39. The van der Waals surface area contributed by atoms with E-state index in [0.29, 0.717) is 18.5 Å². The first kappa shape index (κ1) is 18.7. The Labute approximate surface area is 156 Å². The van der Waals surface area contributed by atoms with E-state index in [4.69, 9.17) is 5.73 Å². The van der Waals surface area contributed by atoms with Gasteiger partial charge in [0.1, 0.15) is 0 Å². The highest BCUT2D eigenvalue weighted by atomic mass is 16.1. The lowest BCUT2D eigenvalue weighted by atomic mass is 10.1. The van der Waals surface area contributed by atoms with Crippen molar-refractivity contribution < 1.29 is 4.79 Å². The second kappa shape index (κ2) is 9.60. The van der Waals surface area contributed by atoms with Gasteiger partial charge in [0.25, 0.3) is 0 Å². The summed E-state index contributed by atoms with van der Waals surface area (Å²) in [5.41, 5.74) is 7.98. The first-order valence-corrected chi connectivity index (χ1v) is 10.2. The molecule has 0 aromatic heterocycles. The molecule has 0 atom stereocenters. The van der Waals surface area contributed by atoms with E-state index in [1.165, 1.54) is 51.4 Å². The molecule has 0 radical (unpaired) electrons. The molecule has 5 nitrogen and oxygen atoms in total. The van der Waals surface area contributed by atoms with Crippen LogP contribution in [0.15, 0.2) is 29.3 Å². The maximum atomic E-state index is 12.3. The Kier molecular flexibility index (Phi) is 6.92. The average molecular weight is 357 g/mol. The molecule has 4 N–H and O–H groups in total. The molecule has 1 aromatic rings. The molecule has 0 bridgehead atoms. The van der Waals surface area contributed by atoms with Crippen LogP contribution in [0.5, 0.6) is 0 Å². The van der Waals surface area contributed by atoms with Gasteiger partial charge in [0.2, 0.25) is 5.91 Å². The second-order valence-corrected chi connectivity index (χ2v) is 7.71. The Morgan fingerprint density at radius 3 is 2.46 bits per heavy atom. The number of anilines is 1. The normalized spacial score (nSPS) is 19.9. The molecule has 0 spiro atoms. The number of guanidine groups is 1. The van der Waals surface area contributed by atoms with Crippen LogP contribution in [0.1, 0.15) is 69.8 Å². The first-order chi connectivity index (χ1) is 12.7. The molecule has 0 aliphatic heterocycles. The van der Waals surface area contributed by atoms with Crippen LogP contribution in [0.2, 0.25) is 0 Å². The molecule has 142 valence electrons. The fourth-order valence-corrected chi connectivity index (χ4v) is 4.03. The summed E-state index contributed by atoms with van der Waals surface area (Å²) >= 11 is 0. The second-order valence-electron chi connectivity index (χ2n) is 7.71. The van der Waals surface area contributed by atoms with E-state index < -0.39 is 0 Å². The van der Waals surface area contributed by atoms with Crippen LogP contribution in [-0.2, 0) is 11.3 Å². The van der Waals surface area contributed by atoms with Crippen molar-refractivity contribution in [3.63, 3.8) is 0 Å². The van der Waals surface area contributed by atoms with Crippen LogP contribution in [-0.4, -0.2) is 17.9 Å². The number of carbonyl (C=O) groups excluding carboxylic acids is 1. The minimum absolute atomic E-state index is 0.151. The van der Waals surface area contributed by atoms with Crippen LogP contribution in [0.3, 0.4) is 0 Å². The molecule has 0 saturated heterocycles. The van der Waals surface area contributed by atoms with Crippen molar-refractivity contribution in [2.45, 2.75) is 76.8 Å². The van der Waals surface area contributed by atoms with Gasteiger partial charge in [-0.25, -0.2) is 4.99 Å². The molecule has 2 aliphatic carbocycles. The van der Waals surface area contributed by atoms with Crippen molar-refractivity contribution in [1.29, 1.82) is 0 Å². The minimum Gasteiger partial charge on any atom is -0.370 e. The third-order valence-electron chi connectivity index (χ3n) is 5.56. The topological polar surface area (TPSA) is 79.5 Å². The number of nitrogens with one attached hydrogen (secondary N) is 2. The van der Waals surface area contributed by atoms with Crippen molar-refractivity contribution in [3.8, 4) is 0 Å². The Hall–Kier alpha value is -2.04. The number of aliphatic imine (C=N–C) groups is 1. The Morgan fingerprint density at radius 2 is 1.73 bits per heavy atom. The minimum atomic E-state index is 0.151. The molecule has 1 aromatic carbocycles. The zero-order valence-electron chi connectivity index (χ0n) is 15.7. The summed E-state index contributed by atoms with van der Waals surface area (Å²) in [5.74, 6) is 0.853. The maximum Gasteiger partial charge on any atom is 0.227 e. The van der Waals surface area contributed by atoms with Gasteiger partial charge in [-0.2, -0.15) is 0 Å². The first-order valence-electron chi connectivity index (χ1n) is 10.2. The predicted octanol–water partition coefficient (Wildman–Crippen LogP) is 3.94. The summed E-state index contributed by atoms with van der Waals surface area (Å²) < 4.78 is 0. The average Bonchev–Trinajstić information content (AvgIpc) is 3.06. The Morgan fingerprint density at radius 1 is 1.04 bits per heavy atom. The molecule has 1 amide bonds. The van der Waals surface area contributed by atoms with Crippen molar-refractivity contribution in [1.82, 2.24) is 5.32 Å². The third-order valence-corrected chi connectivity index (χ3v) is 5.56. The van der Waals surface area contributed by atoms with Gasteiger partial charge in [0.05, 0.1) is 6.54 Å². The summed E-state index contributed by atoms with van der Waals surface area (Å²) in [5, 5.41) is 6.42. The van der Waals surface area contributed by atoms with Crippen molar-refractivity contribution in [2.75, 3.05) is 5.32 Å². The molecule has 2 fully saturated rings. The van der Waals surface area contributed by atoms with Gasteiger partial charge in [0.15, 0.2) is 5.96 Å². The van der Waals surface area contributed by atoms with Gasteiger partial charge in [0, 0.05) is 17.6 Å². The lowest BCUT2D eigenvalue weighted by molar-refractivity contribution is -0.119. The van der Waals surface area contributed by atoms with Gasteiger partial charge in [-0.3, -0.25) is 4.79 Å². The lowest BCUT2D eigenvalue weighted by Gasteiger charge is -2.16. The number of nitrogens with zero attached hydrogens (tertiary/aromatic N) is 1. The monoisotopic (exact) mass is 356 g/mol. The fraction of sp³-hybridized carbons (Fsp3) is 0.619. The fourth-order valence-electron chi connectivity index (χ4n) is 4.03. The van der Waals surface area contributed by atoms with Crippen LogP contribution in [0.4, 0.5) is 5.69 Å². The Balaban J connectivity index is 1.51. The molecule has 5 heteroatoms. The molecule has 3 rings (SSSR count). The number of hydrogen-bond donors (Lipinski definition) is 3. The van der Waals surface area contributed by atoms with Crippen molar-refractivity contribution in [2.24, 2.45) is 16.6 Å². The van der Waals surface area contributed by atoms with E-state index in [9.17, 15) is 4.79 Å². The largest absolute Gasteiger partial charge is 0.370 e. The van der Waals surface area contributed by atoms with Crippen molar-refractivity contribution in [3.05, 3.63) is 29.8 Å². The van der Waals surface area contributed by atoms with E-state index in [1.54, 1.807) is 0 Å². The van der Waals surface area contributed by atoms with E-state index >= 15 is 0 Å². The van der Waals surface area contributed by atoms with Crippen molar-refractivity contribution >= 4 is 17.6 Å². The number of nitrogens with two attached hydrogens (primary N) is 1. The third kappa shape index (κ3) is 5.75. The standard InChI is InChI=1S/C21H32N4O/c22-21(25-18-11-3-1-2-4-12-18)23-15-16-8-7-13-19(14-16)24-20(26)17-9-5-6-10-17/h7-8,13-14,17-18H,1-6,9-12,15H2,(H,24,26)(H3,22,23,25). The van der Waals surface area contributed by atoms with Crippen LogP contribution in [0.25, 0.3) is 0 Å². The number of rotatable bonds is 5. The molecule has 2 aliphatic rings. The number of amides is 1. The van der Waals surface area contributed by atoms with Gasteiger partial charge in [-0.05, 0) is 43.4 Å². The smallest absolute Gasteiger partial charge is 0.227 e. The SMILES string of the molecule is NC(=NCc1cccc(NC(=O)C2CCCC2)c1)NC1CCCCCC1. The molecule has 0 unspecified atom stereocenters. The van der Waals surface area contributed by atoms with Crippen LogP contribution in [0, 0.1) is 5.92 Å². The molecule has 0 heterocycles. The number of hydrogen-bond acceptors (Lipinski definition) is 2. The number of benzene rings is 1. The van der Waals surface area contributed by atoms with Crippen LogP contribution >= 0.6 is 0 Å². The van der Waals surface area contributed by atoms with Gasteiger partial charge < -0.3 is 16.4 Å². The summed E-state index contributed by atoms with van der Waals surface area (Å²) in [4.78, 5) is 16.8. The van der Waals surface area contributed by atoms with E-state index in [2.05, 4.69) is 15.6 Å². The maximum absolute atomic E-state index is 12.3. The van der Waals surface area contributed by atoms with Gasteiger partial charge in [-0.15, -0.1) is 0 Å². The highest BCUT2D eigenvalue weighted by Gasteiger charge is 2.22. The van der Waals surface area contributed by atoms with Gasteiger partial charge in [-0.1, -0.05) is 50.7 Å². The van der Waals surface area contributed by atoms with Crippen LogP contribution < -0.4 is 16.4 Å². The van der Waals surface area contributed by atoms with E-state index in [0.717, 1.165) is 24.1 Å². The highest BCUT2D eigenvalue weighted by Crippen LogP contribution is 2.26. The summed E-state index contributed by atoms with van der Waals surface area (Å²) in [6, 6.07) is 8.37. The van der Waals surface area contributed by atoms with Gasteiger partial charge >= 0.3 is 0 Å². The predicted molar refractivity (Wildman–Crippen MR) is 107 cm³/mol.